The molecule has 1 aliphatic rings. The Morgan fingerprint density at radius 1 is 1.82 bits per heavy atom. The number of aliphatic imine (C=N–C) groups is 2. The lowest BCUT2D eigenvalue weighted by atomic mass is 10.3. The van der Waals surface area contributed by atoms with Crippen LogP contribution in [0.1, 0.15) is 0 Å². The van der Waals surface area contributed by atoms with Crippen molar-refractivity contribution < 1.29 is 14.3 Å². The Morgan fingerprint density at radius 2 is 2.55 bits per heavy atom. The highest BCUT2D eigenvalue weighted by molar-refractivity contribution is 6.66. The summed E-state index contributed by atoms with van der Waals surface area (Å²) in [7, 11) is 1.21. The molecule has 6 nitrogen and oxygen atoms in total. The number of methoxy groups -OCH3 is 1. The van der Waals surface area contributed by atoms with Crippen LogP contribution in [-0.2, 0) is 9.53 Å². The molecule has 0 unspecified atom stereocenters. The topological polar surface area (TPSA) is 87.4 Å². The lowest BCUT2D eigenvalue weighted by molar-refractivity contribution is -0.132. The number of amidine groups is 1. The fourth-order valence-corrected chi connectivity index (χ4v) is 0.574. The van der Waals surface area contributed by atoms with E-state index in [4.69, 9.17) is 5.53 Å². The molecule has 6 heteroatoms. The second-order valence-electron chi connectivity index (χ2n) is 1.64. The molecule has 1 heterocycles. The van der Waals surface area contributed by atoms with Crippen LogP contribution in [0.25, 0.3) is 5.53 Å². The van der Waals surface area contributed by atoms with Crippen molar-refractivity contribution in [3.8, 4) is 0 Å². The SMILES string of the molecule is COC(=O)C1=NC=NC1=[N+]=[N-]. The third-order valence-corrected chi connectivity index (χ3v) is 1.05. The van der Waals surface area contributed by atoms with Crippen LogP contribution in [0.3, 0.4) is 0 Å². The monoisotopic (exact) mass is 152 g/mol. The molecule has 0 atom stereocenters. The molecule has 0 spiro atoms. The standard InChI is InChI=1S/C5H4N4O2/c1-11-5(10)3-4(9-6)8-2-7-3/h2H,1H3. The lowest BCUT2D eigenvalue weighted by Crippen LogP contribution is -2.22. The predicted octanol–water partition coefficient (Wildman–Crippen LogP) is -0.729. The van der Waals surface area contributed by atoms with E-state index < -0.39 is 5.97 Å². The van der Waals surface area contributed by atoms with Crippen molar-refractivity contribution in [1.82, 2.24) is 0 Å². The Morgan fingerprint density at radius 3 is 3.09 bits per heavy atom. The van der Waals surface area contributed by atoms with Crippen LogP contribution in [0.5, 0.6) is 0 Å². The maximum absolute atomic E-state index is 10.8. The van der Waals surface area contributed by atoms with Gasteiger partial charge in [0.25, 0.3) is 5.71 Å². The summed E-state index contributed by atoms with van der Waals surface area (Å²) < 4.78 is 4.32. The lowest BCUT2D eigenvalue weighted by Gasteiger charge is -1.90. The van der Waals surface area contributed by atoms with Crippen LogP contribution in [0.4, 0.5) is 0 Å². The molecular formula is C5H4N4O2. The van der Waals surface area contributed by atoms with Gasteiger partial charge in [-0.3, -0.25) is 0 Å². The van der Waals surface area contributed by atoms with E-state index >= 15 is 0 Å². The van der Waals surface area contributed by atoms with E-state index in [1.165, 1.54) is 7.11 Å². The fourth-order valence-electron chi connectivity index (χ4n) is 0.574. The molecule has 1 aliphatic heterocycles. The number of carbonyl (C=O) groups is 1. The molecular weight excluding hydrogens is 148 g/mol. The molecule has 0 fully saturated rings. The molecule has 0 saturated heterocycles. The highest BCUT2D eigenvalue weighted by Gasteiger charge is 2.29. The van der Waals surface area contributed by atoms with Gasteiger partial charge in [0.1, 0.15) is 0 Å². The Kier molecular flexibility index (Phi) is 1.89. The summed E-state index contributed by atoms with van der Waals surface area (Å²) >= 11 is 0. The van der Waals surface area contributed by atoms with Crippen molar-refractivity contribution in [2.75, 3.05) is 7.11 Å². The van der Waals surface area contributed by atoms with Gasteiger partial charge in [-0.2, -0.15) is 4.99 Å². The zero-order chi connectivity index (χ0) is 8.27. The summed E-state index contributed by atoms with van der Waals surface area (Å²) in [5.74, 6) is -0.799. The van der Waals surface area contributed by atoms with E-state index in [0.29, 0.717) is 0 Å². The number of hydrogen-bond donors (Lipinski definition) is 0. The van der Waals surface area contributed by atoms with Crippen molar-refractivity contribution in [1.29, 1.82) is 0 Å². The molecule has 0 bridgehead atoms. The Hall–Kier alpha value is -1.81. The Labute approximate surface area is 61.8 Å². The molecule has 11 heavy (non-hydrogen) atoms. The van der Waals surface area contributed by atoms with Gasteiger partial charge in [0.15, 0.2) is 0 Å². The first kappa shape index (κ1) is 7.30. The average molecular weight is 152 g/mol. The number of rotatable bonds is 1. The third kappa shape index (κ3) is 1.20. The zero-order valence-electron chi connectivity index (χ0n) is 5.68. The minimum Gasteiger partial charge on any atom is -0.497 e. The van der Waals surface area contributed by atoms with Gasteiger partial charge in [-0.25, -0.2) is 4.79 Å². The highest BCUT2D eigenvalue weighted by Crippen LogP contribution is 1.93. The van der Waals surface area contributed by atoms with Crippen molar-refractivity contribution in [2.45, 2.75) is 0 Å². The van der Waals surface area contributed by atoms with Crippen molar-refractivity contribution in [3.05, 3.63) is 5.53 Å². The summed E-state index contributed by atoms with van der Waals surface area (Å²) in [5.41, 5.74) is 8.18. The van der Waals surface area contributed by atoms with Crippen LogP contribution < -0.4 is 0 Å². The third-order valence-electron chi connectivity index (χ3n) is 1.05. The maximum atomic E-state index is 10.8. The Balaban J connectivity index is 2.93. The zero-order valence-corrected chi connectivity index (χ0v) is 5.68. The normalized spacial score (nSPS) is 14.3. The number of hydrogen-bond acceptors (Lipinski definition) is 3. The van der Waals surface area contributed by atoms with Gasteiger partial charge in [0.05, 0.1) is 7.11 Å². The molecule has 1 rings (SSSR count). The number of carbonyl (C=O) groups excluding carboxylic acids is 1. The first-order valence-corrected chi connectivity index (χ1v) is 2.70. The summed E-state index contributed by atoms with van der Waals surface area (Å²) in [5, 5.41) is 0. The van der Waals surface area contributed by atoms with Crippen LogP contribution >= 0.6 is 0 Å². The van der Waals surface area contributed by atoms with E-state index in [2.05, 4.69) is 19.5 Å². The minimum atomic E-state index is -0.671. The van der Waals surface area contributed by atoms with Gasteiger partial charge in [-0.1, -0.05) is 0 Å². The van der Waals surface area contributed by atoms with E-state index in [1.807, 2.05) is 0 Å². The number of nitrogens with zero attached hydrogens (tertiary/aromatic N) is 4. The molecule has 56 valence electrons. The van der Waals surface area contributed by atoms with E-state index in [1.54, 1.807) is 0 Å². The minimum absolute atomic E-state index is 0.0880. The summed E-state index contributed by atoms with van der Waals surface area (Å²) in [6, 6.07) is 0. The van der Waals surface area contributed by atoms with Crippen LogP contribution in [-0.4, -0.2) is 35.8 Å². The van der Waals surface area contributed by atoms with Crippen LogP contribution in [0.2, 0.25) is 0 Å². The van der Waals surface area contributed by atoms with E-state index in [-0.39, 0.29) is 11.5 Å². The van der Waals surface area contributed by atoms with Gasteiger partial charge >= 0.3 is 11.8 Å². The molecule has 0 aliphatic carbocycles. The molecule has 0 N–H and O–H groups in total. The summed E-state index contributed by atoms with van der Waals surface area (Å²) in [6.07, 6.45) is 1.11. The smallest absolute Gasteiger partial charge is 0.436 e. The number of esters is 1. The predicted molar refractivity (Wildman–Crippen MR) is 36.6 cm³/mol. The van der Waals surface area contributed by atoms with E-state index in [9.17, 15) is 4.79 Å². The van der Waals surface area contributed by atoms with Gasteiger partial charge in [0, 0.05) is 0 Å². The summed E-state index contributed by atoms with van der Waals surface area (Å²) in [6.45, 7) is 0. The Bertz CT molecular complexity index is 298. The van der Waals surface area contributed by atoms with Gasteiger partial charge in [-0.05, 0) is 4.99 Å². The molecule has 0 aromatic rings. The molecule has 0 aromatic heterocycles. The first-order chi connectivity index (χ1) is 5.29. The molecule has 0 radical (unpaired) electrons. The highest BCUT2D eigenvalue weighted by atomic mass is 16.5. The molecule has 0 aromatic carbocycles. The van der Waals surface area contributed by atoms with Gasteiger partial charge in [-0.15, -0.1) is 0 Å². The van der Waals surface area contributed by atoms with Crippen LogP contribution in [0.15, 0.2) is 9.98 Å². The van der Waals surface area contributed by atoms with Gasteiger partial charge < -0.3 is 15.1 Å². The van der Waals surface area contributed by atoms with Crippen molar-refractivity contribution >= 4 is 23.9 Å². The molecule has 0 saturated carbocycles. The average Bonchev–Trinajstić information content (AvgIpc) is 2.50. The maximum Gasteiger partial charge on any atom is 0.436 e. The van der Waals surface area contributed by atoms with Crippen molar-refractivity contribution in [2.24, 2.45) is 9.98 Å². The number of ether oxygens (including phenoxy) is 1. The largest absolute Gasteiger partial charge is 0.497 e. The van der Waals surface area contributed by atoms with E-state index in [0.717, 1.165) is 6.34 Å². The van der Waals surface area contributed by atoms with Crippen LogP contribution in [0, 0.1) is 0 Å². The quantitative estimate of drug-likeness (QED) is 0.281. The van der Waals surface area contributed by atoms with Crippen molar-refractivity contribution in [3.63, 3.8) is 0 Å². The second-order valence-corrected chi connectivity index (χ2v) is 1.64. The fraction of sp³-hybridized carbons (Fsp3) is 0.200. The molecule has 0 amide bonds. The van der Waals surface area contributed by atoms with Gasteiger partial charge in [0.2, 0.25) is 6.34 Å². The summed E-state index contributed by atoms with van der Waals surface area (Å²) in [4.78, 5) is 20.5. The second kappa shape index (κ2) is 2.85. The first-order valence-electron chi connectivity index (χ1n) is 2.70.